The normalized spacial score (nSPS) is 21.8. The van der Waals surface area contributed by atoms with Crippen LogP contribution >= 0.6 is 23.2 Å². The Bertz CT molecular complexity index is 5120. The fourth-order valence-corrected chi connectivity index (χ4v) is 17.4. The molecule has 13 rings (SSSR count). The predicted molar refractivity (Wildman–Crippen MR) is 415 cm³/mol. The van der Waals surface area contributed by atoms with Gasteiger partial charge in [-0.25, -0.2) is 58.6 Å². The molecule has 3 unspecified atom stereocenters. The second-order valence-corrected chi connectivity index (χ2v) is 32.6. The SMILES string of the molecule is CCOC(=O)[C@H](C)NP(=O)(Oc1ccccc1)O[C@@H]1C[C@H](n2cnc3c(N)nc(C)nc32)O[C@@H]1CO.Cc1nc(N)c2ncn([C@H]3C[C@@H](OP(=O)(N[C@@H](C)C(=O)OC(C)(C)C)Oc4ccccc4)[C@@H](CO)O3)c2n1.Cc1nc(N)c2ncn([C@H]3C[C@@H](OP(=O)(N[C@H](C)C(=O)OCc4ccccc4)Oc4ccccc4)[C@@H](CO)O3)c2n1. The van der Waals surface area contributed by atoms with Gasteiger partial charge in [-0.3, -0.25) is 41.7 Å². The molecule has 12 N–H and O–H groups in total. The number of esters is 3. The van der Waals surface area contributed by atoms with E-state index in [1.165, 1.54) is 39.8 Å². The van der Waals surface area contributed by atoms with Crippen molar-refractivity contribution >= 4 is 92.1 Å². The van der Waals surface area contributed by atoms with Gasteiger partial charge in [-0.1, -0.05) is 84.9 Å². The quantitative estimate of drug-likeness (QED) is 0.0116. The number of aromatic nitrogens is 12. The van der Waals surface area contributed by atoms with E-state index in [1.54, 1.807) is 153 Å². The van der Waals surface area contributed by atoms with E-state index in [4.69, 9.17) is 72.8 Å². The molecular formula is C73H93N18O21P3. The summed E-state index contributed by atoms with van der Waals surface area (Å²) in [4.78, 5) is 76.1. The Hall–Kier alpha value is -10.1. The first-order valence-electron chi connectivity index (χ1n) is 36.6. The number of nitrogens with zero attached hydrogens (tertiary/aromatic N) is 12. The predicted octanol–water partition coefficient (Wildman–Crippen LogP) is 8.29. The number of para-hydroxylation sites is 3. The number of hydrogen-bond donors (Lipinski definition) is 9. The van der Waals surface area contributed by atoms with E-state index in [9.17, 15) is 43.4 Å². The third kappa shape index (κ3) is 22.1. The number of imidazole rings is 3. The number of nitrogens with one attached hydrogen (secondary N) is 3. The molecule has 0 saturated carbocycles. The zero-order chi connectivity index (χ0) is 82.5. The van der Waals surface area contributed by atoms with Crippen LogP contribution in [0.3, 0.4) is 0 Å². The van der Waals surface area contributed by atoms with E-state index in [2.05, 4.69) is 60.1 Å². The molecule has 3 aliphatic heterocycles. The zero-order valence-corrected chi connectivity index (χ0v) is 67.2. The molecule has 42 heteroatoms. The number of rotatable bonds is 30. The summed E-state index contributed by atoms with van der Waals surface area (Å²) in [6, 6.07) is 31.3. The van der Waals surface area contributed by atoms with Crippen molar-refractivity contribution in [1.82, 2.24) is 73.8 Å². The van der Waals surface area contributed by atoms with Gasteiger partial charge in [0.05, 0.1) is 45.4 Å². The number of carbonyl (C=O) groups excluding carboxylic acids is 3. The van der Waals surface area contributed by atoms with Crippen molar-refractivity contribution < 1.29 is 99.0 Å². The second-order valence-electron chi connectivity index (χ2n) is 27.7. The van der Waals surface area contributed by atoms with Crippen LogP contribution in [-0.4, -0.2) is 179 Å². The van der Waals surface area contributed by atoms with Crippen LogP contribution in [-0.2, 0) is 76.7 Å². The van der Waals surface area contributed by atoms with Gasteiger partial charge in [-0.05, 0) is 111 Å². The molecule has 9 heterocycles. The standard InChI is InChI=1S/C27H31N6O7P.C24H33N6O7P.C22H29N6O7P/c1-17(27(35)37-15-19-9-5-3-6-10-19)32-41(36,39-20-11-7-4-8-12-20)40-21-13-23(38-22(21)14-34)33-16-29-24-25(28)30-18(2)31-26(24)33;1-14(23(32)35-24(3,4)5)29-38(33,36-16-9-7-6-8-10-16)37-17-11-19(34-18(17)12-31)30-13-26-20-21(25)27-15(2)28-22(20)30;1-4-32-22(30)13(2)27-36(31,34-15-8-6-5-7-9-15)35-16-10-18(33-17(16)11-29)28-12-24-19-20(23)25-14(3)26-21(19)28/h3-12,16-17,21-23,34H,13-15H2,1-2H3,(H,32,36)(H2,28,30,31);6-10,13-14,17-19,31H,11-12H2,1-5H3,(H,29,33)(H2,25,27,28);5-9,12-13,16-18,29H,4,10-11H2,1-3H3,(H,27,31)(H2,23,25,26)/t17-,21-,22-,23-,41?;14-,17+,18+,19+,38?;13-,16+,17+,18+,36?/m100/s1. The van der Waals surface area contributed by atoms with Crippen LogP contribution in [0.2, 0.25) is 0 Å². The number of anilines is 3. The summed E-state index contributed by atoms with van der Waals surface area (Å²) in [6.07, 6.45) is -2.15. The van der Waals surface area contributed by atoms with Gasteiger partial charge in [-0.2, -0.15) is 15.3 Å². The first-order valence-corrected chi connectivity index (χ1v) is 41.2. The van der Waals surface area contributed by atoms with Gasteiger partial charge in [0.1, 0.15) is 137 Å². The van der Waals surface area contributed by atoms with E-state index in [1.807, 2.05) is 30.3 Å². The van der Waals surface area contributed by atoms with Crippen LogP contribution in [0.5, 0.6) is 17.2 Å². The van der Waals surface area contributed by atoms with E-state index >= 15 is 0 Å². The zero-order valence-electron chi connectivity index (χ0n) is 64.5. The van der Waals surface area contributed by atoms with Gasteiger partial charge >= 0.3 is 41.1 Å². The summed E-state index contributed by atoms with van der Waals surface area (Å²) in [5, 5.41) is 38.1. The first-order chi connectivity index (χ1) is 54.8. The lowest BCUT2D eigenvalue weighted by atomic mass is 10.2. The lowest BCUT2D eigenvalue weighted by molar-refractivity contribution is -0.156. The smallest absolute Gasteiger partial charge is 0.459 e. The number of ether oxygens (including phenoxy) is 6. The Morgan fingerprint density at radius 1 is 0.478 bits per heavy atom. The first kappa shape index (κ1) is 85.8. The molecule has 0 amide bonds. The minimum atomic E-state index is -4.23. The molecule has 0 radical (unpaired) electrons. The number of aliphatic hydroxyl groups is 3. The van der Waals surface area contributed by atoms with E-state index in [0.717, 1.165) is 5.56 Å². The lowest BCUT2D eigenvalue weighted by Gasteiger charge is -2.28. The molecule has 3 saturated heterocycles. The summed E-state index contributed by atoms with van der Waals surface area (Å²) >= 11 is 0. The number of carbonyl (C=O) groups is 3. The van der Waals surface area contributed by atoms with Crippen molar-refractivity contribution in [2.24, 2.45) is 0 Å². The average molecular weight is 1650 g/mol. The Morgan fingerprint density at radius 3 is 1.07 bits per heavy atom. The number of nitrogens with two attached hydrogens (primary N) is 3. The number of hydrogen-bond acceptors (Lipinski definition) is 33. The second kappa shape index (κ2) is 37.7. The Kier molecular flexibility index (Phi) is 28.1. The van der Waals surface area contributed by atoms with Crippen molar-refractivity contribution in [2.45, 2.75) is 174 Å². The molecule has 0 bridgehead atoms. The fourth-order valence-electron chi connectivity index (χ4n) is 12.2. The Labute approximate surface area is 660 Å². The molecule has 3 aliphatic rings. The molecule has 4 aromatic carbocycles. The summed E-state index contributed by atoms with van der Waals surface area (Å²) in [5.74, 6) is 0.973. The van der Waals surface area contributed by atoms with Crippen molar-refractivity contribution in [3.8, 4) is 17.2 Å². The van der Waals surface area contributed by atoms with Gasteiger partial charge in [-0.15, -0.1) is 0 Å². The molecule has 115 heavy (non-hydrogen) atoms. The number of fused-ring (bicyclic) bond motifs is 3. The highest BCUT2D eigenvalue weighted by atomic mass is 31.2. The van der Waals surface area contributed by atoms with E-state index in [0.29, 0.717) is 51.0 Å². The van der Waals surface area contributed by atoms with Gasteiger partial charge in [0, 0.05) is 19.3 Å². The van der Waals surface area contributed by atoms with Gasteiger partial charge in [0.25, 0.3) is 0 Å². The number of aliphatic hydroxyl groups excluding tert-OH is 3. The molecule has 6 aromatic heterocycles. The van der Waals surface area contributed by atoms with Crippen LogP contribution in [0.1, 0.15) is 109 Å². The molecular weight excluding hydrogens is 1560 g/mol. The van der Waals surface area contributed by atoms with Crippen molar-refractivity contribution in [3.05, 3.63) is 163 Å². The summed E-state index contributed by atoms with van der Waals surface area (Å²) in [5.41, 5.74) is 20.6. The van der Waals surface area contributed by atoms with Crippen molar-refractivity contribution in [3.63, 3.8) is 0 Å². The molecule has 39 nitrogen and oxygen atoms in total. The maximum absolute atomic E-state index is 14.1. The molecule has 3 fully saturated rings. The average Bonchev–Trinajstić information content (AvgIpc) is 1.64. The van der Waals surface area contributed by atoms with Crippen LogP contribution in [0.25, 0.3) is 33.5 Å². The maximum atomic E-state index is 14.1. The number of nitrogen functional groups attached to an aromatic ring is 3. The fraction of sp³-hybridized carbons (Fsp3) is 0.425. The van der Waals surface area contributed by atoms with Crippen LogP contribution in [0.15, 0.2) is 140 Å². The van der Waals surface area contributed by atoms with Crippen molar-refractivity contribution in [1.29, 1.82) is 0 Å². The van der Waals surface area contributed by atoms with E-state index in [-0.39, 0.29) is 67.2 Å². The Morgan fingerprint density at radius 2 is 0.774 bits per heavy atom. The highest BCUT2D eigenvalue weighted by molar-refractivity contribution is 7.52. The van der Waals surface area contributed by atoms with Gasteiger partial charge < -0.3 is 74.5 Å². The van der Waals surface area contributed by atoms with Gasteiger partial charge in [0.2, 0.25) is 0 Å². The number of benzene rings is 4. The molecule has 10 aromatic rings. The topological polar surface area (TPSA) is 519 Å². The Balaban J connectivity index is 0.000000170. The minimum Gasteiger partial charge on any atom is -0.465 e. The van der Waals surface area contributed by atoms with Gasteiger partial charge in [0.15, 0.2) is 34.4 Å². The maximum Gasteiger partial charge on any atom is 0.459 e. The van der Waals surface area contributed by atoms with Crippen LogP contribution < -0.4 is 46.0 Å². The molecule has 0 spiro atoms. The summed E-state index contributed by atoms with van der Waals surface area (Å²) in [6.45, 7) is 15.4. The lowest BCUT2D eigenvalue weighted by Crippen LogP contribution is -2.40. The third-order valence-electron chi connectivity index (χ3n) is 17.5. The van der Waals surface area contributed by atoms with Crippen LogP contribution in [0.4, 0.5) is 17.5 Å². The molecule has 616 valence electrons. The summed E-state index contributed by atoms with van der Waals surface area (Å²) < 4.78 is 116. The number of aryl methyl sites for hydroxylation is 3. The monoisotopic (exact) mass is 1650 g/mol. The van der Waals surface area contributed by atoms with Crippen LogP contribution in [0, 0.1) is 20.8 Å². The highest BCUT2D eigenvalue weighted by Gasteiger charge is 2.48. The van der Waals surface area contributed by atoms with E-state index < -0.39 is 140 Å². The minimum absolute atomic E-state index is 0.0491. The molecule has 15 atom stereocenters. The van der Waals surface area contributed by atoms with Crippen molar-refractivity contribution in [2.75, 3.05) is 43.6 Å². The largest absolute Gasteiger partial charge is 0.465 e. The highest BCUT2D eigenvalue weighted by Crippen LogP contribution is 2.53. The third-order valence-corrected chi connectivity index (χ3v) is 22.6. The molecule has 0 aliphatic carbocycles. The summed E-state index contributed by atoms with van der Waals surface area (Å²) in [7, 11) is -12.6.